The molecule has 2 aromatic heterocycles. The summed E-state index contributed by atoms with van der Waals surface area (Å²) in [6.45, 7) is 6.61. The number of hydrogen-bond acceptors (Lipinski definition) is 4. The van der Waals surface area contributed by atoms with Crippen molar-refractivity contribution in [2.24, 2.45) is 0 Å². The number of rotatable bonds is 10. The maximum atomic E-state index is 4.55. The Morgan fingerprint density at radius 2 is 1.53 bits per heavy atom. The lowest BCUT2D eigenvalue weighted by molar-refractivity contribution is 0.252. The zero-order chi connectivity index (χ0) is 20.4. The van der Waals surface area contributed by atoms with E-state index in [0.717, 1.165) is 57.8 Å². The van der Waals surface area contributed by atoms with E-state index in [-0.39, 0.29) is 0 Å². The maximum absolute atomic E-state index is 4.55. The summed E-state index contributed by atoms with van der Waals surface area (Å²) < 4.78 is 2.20. The first-order chi connectivity index (χ1) is 14.9. The van der Waals surface area contributed by atoms with E-state index in [9.17, 15) is 0 Å². The second kappa shape index (κ2) is 10.9. The molecule has 1 aromatic carbocycles. The van der Waals surface area contributed by atoms with Crippen molar-refractivity contribution < 1.29 is 0 Å². The van der Waals surface area contributed by atoms with E-state index in [1.54, 1.807) is 0 Å². The van der Waals surface area contributed by atoms with Gasteiger partial charge in [-0.25, -0.2) is 4.98 Å². The summed E-state index contributed by atoms with van der Waals surface area (Å²) in [5.74, 6) is 1.11. The third-order valence-electron chi connectivity index (χ3n) is 5.99. The smallest absolute Gasteiger partial charge is 0.128 e. The largest absolute Gasteiger partial charge is 0.354 e. The van der Waals surface area contributed by atoms with E-state index in [0.29, 0.717) is 0 Å². The second-order valence-corrected chi connectivity index (χ2v) is 8.11. The molecule has 0 N–H and O–H groups in total. The molecule has 0 atom stereocenters. The molecular weight excluding hydrogens is 370 g/mol. The molecule has 0 radical (unpaired) electrons. The molecule has 3 heterocycles. The van der Waals surface area contributed by atoms with Gasteiger partial charge in [0.05, 0.1) is 0 Å². The first-order valence-electron chi connectivity index (χ1n) is 11.3. The van der Waals surface area contributed by atoms with Gasteiger partial charge in [0.2, 0.25) is 0 Å². The third kappa shape index (κ3) is 5.92. The molecule has 0 amide bonds. The van der Waals surface area contributed by atoms with Gasteiger partial charge >= 0.3 is 0 Å². The van der Waals surface area contributed by atoms with E-state index in [2.05, 4.69) is 73.1 Å². The van der Waals surface area contributed by atoms with E-state index >= 15 is 0 Å². The summed E-state index contributed by atoms with van der Waals surface area (Å²) in [6, 6.07) is 19.1. The molecule has 1 aliphatic rings. The summed E-state index contributed by atoms with van der Waals surface area (Å²) in [6.07, 6.45) is 9.69. The summed E-state index contributed by atoms with van der Waals surface area (Å²) in [5, 5.41) is 4.55. The zero-order valence-corrected chi connectivity index (χ0v) is 17.9. The van der Waals surface area contributed by atoms with Gasteiger partial charge in [0.1, 0.15) is 5.82 Å². The lowest BCUT2D eigenvalue weighted by Crippen LogP contribution is -2.46. The van der Waals surface area contributed by atoms with Crippen LogP contribution in [0.1, 0.15) is 30.5 Å². The normalized spacial score (nSPS) is 14.9. The lowest BCUT2D eigenvalue weighted by atomic mass is 10.1. The van der Waals surface area contributed by atoms with Crippen molar-refractivity contribution in [3.8, 4) is 0 Å². The van der Waals surface area contributed by atoms with Crippen LogP contribution in [0.3, 0.4) is 0 Å². The summed E-state index contributed by atoms with van der Waals surface area (Å²) in [7, 11) is 0. The zero-order valence-electron chi connectivity index (χ0n) is 17.9. The van der Waals surface area contributed by atoms with Crippen molar-refractivity contribution in [1.82, 2.24) is 19.7 Å². The van der Waals surface area contributed by atoms with Crippen LogP contribution < -0.4 is 4.90 Å². The molecular formula is C25H33N5. The summed E-state index contributed by atoms with van der Waals surface area (Å²) >= 11 is 0. The van der Waals surface area contributed by atoms with Crippen LogP contribution in [0.5, 0.6) is 0 Å². The van der Waals surface area contributed by atoms with Crippen LogP contribution in [0.25, 0.3) is 0 Å². The fourth-order valence-corrected chi connectivity index (χ4v) is 4.23. The molecule has 0 aliphatic carbocycles. The Hall–Kier alpha value is -2.66. The molecule has 3 aromatic rings. The maximum Gasteiger partial charge on any atom is 0.128 e. The highest BCUT2D eigenvalue weighted by molar-refractivity contribution is 5.38. The number of hydrogen-bond donors (Lipinski definition) is 0. The van der Waals surface area contributed by atoms with Gasteiger partial charge in [0.15, 0.2) is 0 Å². The minimum atomic E-state index is 1.01. The van der Waals surface area contributed by atoms with Crippen LogP contribution in [-0.2, 0) is 19.4 Å². The van der Waals surface area contributed by atoms with E-state index < -0.39 is 0 Å². The molecule has 0 spiro atoms. The fraction of sp³-hybridized carbons (Fsp3) is 0.440. The molecule has 5 nitrogen and oxygen atoms in total. The van der Waals surface area contributed by atoms with E-state index in [1.165, 1.54) is 30.6 Å². The van der Waals surface area contributed by atoms with Crippen LogP contribution in [-0.4, -0.2) is 52.4 Å². The van der Waals surface area contributed by atoms with Gasteiger partial charge in [-0.15, -0.1) is 0 Å². The SMILES string of the molecule is c1ccc(CCCn2nccc2CCCCN2CCN(c3ccccn3)CC2)cc1. The van der Waals surface area contributed by atoms with Crippen molar-refractivity contribution >= 4 is 5.82 Å². The van der Waals surface area contributed by atoms with Crippen LogP contribution >= 0.6 is 0 Å². The predicted octanol–water partition coefficient (Wildman–Crippen LogP) is 4.06. The first kappa shape index (κ1) is 20.6. The second-order valence-electron chi connectivity index (χ2n) is 8.11. The van der Waals surface area contributed by atoms with E-state index in [1.807, 2.05) is 18.5 Å². The molecule has 1 fully saturated rings. The van der Waals surface area contributed by atoms with Gasteiger partial charge < -0.3 is 4.90 Å². The molecule has 1 saturated heterocycles. The Morgan fingerprint density at radius 1 is 0.700 bits per heavy atom. The number of benzene rings is 1. The Bertz CT molecular complexity index is 854. The van der Waals surface area contributed by atoms with Gasteiger partial charge in [-0.05, 0) is 62.4 Å². The summed E-state index contributed by atoms with van der Waals surface area (Å²) in [5.41, 5.74) is 2.79. The molecule has 30 heavy (non-hydrogen) atoms. The highest BCUT2D eigenvalue weighted by Gasteiger charge is 2.17. The predicted molar refractivity (Wildman–Crippen MR) is 123 cm³/mol. The van der Waals surface area contributed by atoms with Crippen molar-refractivity contribution in [1.29, 1.82) is 0 Å². The van der Waals surface area contributed by atoms with Gasteiger partial charge in [-0.1, -0.05) is 36.4 Å². The number of aromatic nitrogens is 3. The average molecular weight is 404 g/mol. The van der Waals surface area contributed by atoms with Gasteiger partial charge in [-0.2, -0.15) is 5.10 Å². The lowest BCUT2D eigenvalue weighted by Gasteiger charge is -2.35. The minimum Gasteiger partial charge on any atom is -0.354 e. The van der Waals surface area contributed by atoms with Crippen molar-refractivity contribution in [3.63, 3.8) is 0 Å². The Morgan fingerprint density at radius 3 is 2.33 bits per heavy atom. The molecule has 158 valence electrons. The molecule has 1 aliphatic heterocycles. The molecule has 4 rings (SSSR count). The highest BCUT2D eigenvalue weighted by Crippen LogP contribution is 2.14. The third-order valence-corrected chi connectivity index (χ3v) is 5.99. The van der Waals surface area contributed by atoms with E-state index in [4.69, 9.17) is 0 Å². The van der Waals surface area contributed by atoms with Crippen LogP contribution in [0.4, 0.5) is 5.82 Å². The van der Waals surface area contributed by atoms with Crippen molar-refractivity contribution in [2.75, 3.05) is 37.6 Å². The van der Waals surface area contributed by atoms with Crippen LogP contribution in [0.2, 0.25) is 0 Å². The van der Waals surface area contributed by atoms with Gasteiger partial charge in [-0.3, -0.25) is 9.58 Å². The summed E-state index contributed by atoms with van der Waals surface area (Å²) in [4.78, 5) is 9.46. The molecule has 5 heteroatoms. The number of aryl methyl sites for hydroxylation is 3. The monoisotopic (exact) mass is 403 g/mol. The number of piperazine rings is 1. The topological polar surface area (TPSA) is 37.2 Å². The van der Waals surface area contributed by atoms with Crippen LogP contribution in [0.15, 0.2) is 67.0 Å². The number of anilines is 1. The molecule has 0 unspecified atom stereocenters. The van der Waals surface area contributed by atoms with Gasteiger partial charge in [0.25, 0.3) is 0 Å². The fourth-order valence-electron chi connectivity index (χ4n) is 4.23. The first-order valence-corrected chi connectivity index (χ1v) is 11.3. The van der Waals surface area contributed by atoms with Crippen molar-refractivity contribution in [3.05, 3.63) is 78.2 Å². The number of unbranched alkanes of at least 4 members (excludes halogenated alkanes) is 1. The van der Waals surface area contributed by atoms with Crippen LogP contribution in [0, 0.1) is 0 Å². The minimum absolute atomic E-state index is 1.01. The quantitative estimate of drug-likeness (QED) is 0.479. The van der Waals surface area contributed by atoms with Gasteiger partial charge in [0, 0.05) is 50.8 Å². The highest BCUT2D eigenvalue weighted by atomic mass is 15.3. The number of nitrogens with zero attached hydrogens (tertiary/aromatic N) is 5. The Labute approximate surface area is 180 Å². The number of pyridine rings is 1. The van der Waals surface area contributed by atoms with Crippen molar-refractivity contribution in [2.45, 2.75) is 38.6 Å². The standard InChI is InChI=1S/C25H33N5/c1-2-9-23(10-3-1)11-8-18-30-24(14-16-27-30)12-5-7-17-28-19-21-29(22-20-28)25-13-4-6-15-26-25/h1-4,6,9-10,13-16H,5,7-8,11-12,17-22H2. The molecule has 0 saturated carbocycles. The Balaban J connectivity index is 1.12. The average Bonchev–Trinajstić information content (AvgIpc) is 3.26. The molecule has 0 bridgehead atoms. The Kier molecular flexibility index (Phi) is 7.51.